The summed E-state index contributed by atoms with van der Waals surface area (Å²) in [5.41, 5.74) is 1.62. The van der Waals surface area contributed by atoms with Crippen LogP contribution in [0.4, 0.5) is 0 Å². The Bertz CT molecular complexity index is 1780. The SMILES string of the molecule is COc1ccc2c(c1)c(CC(=O)NCCCC(C(=O)O)N1CCN(CC=O)CCN(CC(=O)O)CCN(CC(=O)O)CC1)cn2C(=O)c1ccc(Cl)cc1. The molecule has 0 radical (unpaired) electrons. The Kier molecular flexibility index (Phi) is 15.9. The fraction of sp³-hybridized carbons (Fsp3) is 0.459. The van der Waals surface area contributed by atoms with Crippen LogP contribution in [0.5, 0.6) is 5.75 Å². The first-order valence-corrected chi connectivity index (χ1v) is 18.0. The van der Waals surface area contributed by atoms with Crippen LogP contribution in [0.1, 0.15) is 28.8 Å². The van der Waals surface area contributed by atoms with Crippen LogP contribution < -0.4 is 10.1 Å². The minimum Gasteiger partial charge on any atom is -0.497 e. The maximum atomic E-state index is 13.4. The van der Waals surface area contributed by atoms with E-state index in [2.05, 4.69) is 5.32 Å². The number of hydrogen-bond donors (Lipinski definition) is 4. The second-order valence-electron chi connectivity index (χ2n) is 13.1. The summed E-state index contributed by atoms with van der Waals surface area (Å²) in [7, 11) is 1.53. The van der Waals surface area contributed by atoms with Gasteiger partial charge in [-0.1, -0.05) is 11.6 Å². The van der Waals surface area contributed by atoms with E-state index in [1.165, 1.54) is 11.7 Å². The molecule has 1 atom stereocenters. The van der Waals surface area contributed by atoms with Crippen LogP contribution in [0.3, 0.4) is 0 Å². The lowest BCUT2D eigenvalue weighted by Crippen LogP contribution is -2.51. The number of carboxylic acid groups (broad SMARTS) is 3. The predicted octanol–water partition coefficient (Wildman–Crippen LogP) is 1.47. The summed E-state index contributed by atoms with van der Waals surface area (Å²) in [4.78, 5) is 80.6. The van der Waals surface area contributed by atoms with Crippen LogP contribution >= 0.6 is 11.6 Å². The Morgan fingerprint density at radius 1 is 0.852 bits per heavy atom. The van der Waals surface area contributed by atoms with Gasteiger partial charge < -0.3 is 30.2 Å². The first kappa shape index (κ1) is 41.9. The third kappa shape index (κ3) is 12.3. The summed E-state index contributed by atoms with van der Waals surface area (Å²) in [6, 6.07) is 10.8. The Morgan fingerprint density at radius 2 is 1.44 bits per heavy atom. The van der Waals surface area contributed by atoms with Crippen molar-refractivity contribution in [2.45, 2.75) is 25.3 Å². The largest absolute Gasteiger partial charge is 0.497 e. The number of benzene rings is 2. The van der Waals surface area contributed by atoms with Crippen LogP contribution in [0.25, 0.3) is 10.9 Å². The van der Waals surface area contributed by atoms with Crippen LogP contribution in [0, 0.1) is 0 Å². The summed E-state index contributed by atoms with van der Waals surface area (Å²) >= 11 is 6.01. The normalized spacial score (nSPS) is 16.2. The van der Waals surface area contributed by atoms with Gasteiger partial charge in [-0.2, -0.15) is 0 Å². The molecule has 1 fully saturated rings. The standard InChI is InChI=1S/C37H47ClN6O10/c1-54-29-8-9-31-30(22-29)27(23-44(31)36(51)26-4-6-28(38)7-5-26)21-33(46)39-10-2-3-32(37(52)53)43-17-15-40(19-20-45)11-12-41(24-34(47)48)13-14-42(16-18-43)25-35(49)50/h4-9,20,22-23,32H,2-3,10-19,21,24-25H2,1H3,(H,39,46)(H,47,48)(H,49,50)(H,52,53). The fourth-order valence-electron chi connectivity index (χ4n) is 6.52. The molecule has 0 bridgehead atoms. The van der Waals surface area contributed by atoms with Crippen LogP contribution in [0.2, 0.25) is 5.02 Å². The molecule has 16 nitrogen and oxygen atoms in total. The van der Waals surface area contributed by atoms with Crippen molar-refractivity contribution in [2.24, 2.45) is 0 Å². The molecule has 0 aliphatic carbocycles. The van der Waals surface area contributed by atoms with E-state index in [1.54, 1.807) is 63.4 Å². The molecule has 1 aromatic heterocycles. The number of amides is 1. The molecule has 2 heterocycles. The number of rotatable bonds is 16. The van der Waals surface area contributed by atoms with Crippen molar-refractivity contribution in [3.05, 3.63) is 64.8 Å². The van der Waals surface area contributed by atoms with E-state index < -0.39 is 23.9 Å². The monoisotopic (exact) mass is 770 g/mol. The number of aliphatic carboxylic acids is 3. The summed E-state index contributed by atoms with van der Waals surface area (Å²) in [6.45, 7) is 2.00. The first-order valence-electron chi connectivity index (χ1n) is 17.6. The van der Waals surface area contributed by atoms with Gasteiger partial charge in [-0.3, -0.25) is 48.1 Å². The van der Waals surface area contributed by atoms with Gasteiger partial charge in [0, 0.05) is 81.1 Å². The van der Waals surface area contributed by atoms with Gasteiger partial charge in [-0.15, -0.1) is 0 Å². The number of hydrogen-bond acceptors (Lipinski definition) is 11. The molecule has 1 aliphatic rings. The lowest BCUT2D eigenvalue weighted by atomic mass is 10.1. The highest BCUT2D eigenvalue weighted by Crippen LogP contribution is 2.27. The highest BCUT2D eigenvalue weighted by molar-refractivity contribution is 6.30. The zero-order chi connectivity index (χ0) is 39.2. The molecule has 0 saturated carbocycles. The third-order valence-electron chi connectivity index (χ3n) is 9.38. The minimum absolute atomic E-state index is 0.0467. The number of carbonyl (C=O) groups is 6. The smallest absolute Gasteiger partial charge is 0.320 e. The van der Waals surface area contributed by atoms with Gasteiger partial charge in [0.15, 0.2) is 0 Å². The van der Waals surface area contributed by atoms with Crippen molar-refractivity contribution in [3.8, 4) is 5.75 Å². The average Bonchev–Trinajstić information content (AvgIpc) is 3.48. The van der Waals surface area contributed by atoms with Gasteiger partial charge in [-0.25, -0.2) is 0 Å². The van der Waals surface area contributed by atoms with Gasteiger partial charge in [0.2, 0.25) is 5.91 Å². The molecule has 1 amide bonds. The zero-order valence-electron chi connectivity index (χ0n) is 30.2. The average molecular weight is 771 g/mol. The van der Waals surface area contributed by atoms with Gasteiger partial charge in [0.25, 0.3) is 5.91 Å². The molecule has 2 aromatic carbocycles. The Labute approximate surface area is 317 Å². The molecule has 292 valence electrons. The lowest BCUT2D eigenvalue weighted by Gasteiger charge is -2.35. The Morgan fingerprint density at radius 3 is 2.02 bits per heavy atom. The van der Waals surface area contributed by atoms with Crippen molar-refractivity contribution in [3.63, 3.8) is 0 Å². The molecule has 54 heavy (non-hydrogen) atoms. The zero-order valence-corrected chi connectivity index (χ0v) is 30.9. The van der Waals surface area contributed by atoms with E-state index in [-0.39, 0.29) is 83.6 Å². The molecule has 3 aromatic rings. The quantitative estimate of drug-likeness (QED) is 0.121. The van der Waals surface area contributed by atoms with E-state index >= 15 is 0 Å². The highest BCUT2D eigenvalue weighted by Gasteiger charge is 2.28. The number of methoxy groups -OCH3 is 1. The number of halogens is 1. The molecular weight excluding hydrogens is 724 g/mol. The molecule has 0 spiro atoms. The fourth-order valence-corrected chi connectivity index (χ4v) is 6.64. The number of nitrogens with zero attached hydrogens (tertiary/aromatic N) is 5. The minimum atomic E-state index is -1.07. The van der Waals surface area contributed by atoms with Gasteiger partial charge in [-0.05, 0) is 60.9 Å². The van der Waals surface area contributed by atoms with Crippen LogP contribution in [-0.4, -0.2) is 167 Å². The number of aldehydes is 1. The Hall–Kier alpha value is -4.87. The van der Waals surface area contributed by atoms with E-state index in [4.69, 9.17) is 16.3 Å². The second kappa shape index (κ2) is 20.5. The van der Waals surface area contributed by atoms with E-state index in [0.29, 0.717) is 58.9 Å². The lowest BCUT2D eigenvalue weighted by molar-refractivity contribution is -0.144. The third-order valence-corrected chi connectivity index (χ3v) is 9.63. The van der Waals surface area contributed by atoms with Crippen molar-refractivity contribution in [1.29, 1.82) is 0 Å². The van der Waals surface area contributed by atoms with E-state index in [1.807, 2.05) is 4.90 Å². The van der Waals surface area contributed by atoms with Crippen molar-refractivity contribution < 1.29 is 48.8 Å². The predicted molar refractivity (Wildman–Crippen MR) is 199 cm³/mol. The number of nitrogens with one attached hydrogen (secondary N) is 1. The Balaban J connectivity index is 1.42. The van der Waals surface area contributed by atoms with Crippen molar-refractivity contribution in [1.82, 2.24) is 29.5 Å². The maximum Gasteiger partial charge on any atom is 0.320 e. The van der Waals surface area contributed by atoms with E-state index in [9.17, 15) is 44.1 Å². The molecule has 1 saturated heterocycles. The summed E-state index contributed by atoms with van der Waals surface area (Å²) < 4.78 is 6.87. The highest BCUT2D eigenvalue weighted by atomic mass is 35.5. The first-order chi connectivity index (χ1) is 25.9. The van der Waals surface area contributed by atoms with E-state index in [0.717, 1.165) is 6.29 Å². The number of aromatic nitrogens is 1. The van der Waals surface area contributed by atoms with Crippen molar-refractivity contribution in [2.75, 3.05) is 85.6 Å². The number of ether oxygens (including phenoxy) is 1. The van der Waals surface area contributed by atoms with Gasteiger partial charge in [0.05, 0.1) is 38.7 Å². The van der Waals surface area contributed by atoms with Gasteiger partial charge >= 0.3 is 17.9 Å². The molecule has 4 N–H and O–H groups in total. The molecule has 4 rings (SSSR count). The maximum absolute atomic E-state index is 13.4. The molecular formula is C37H47ClN6O10. The van der Waals surface area contributed by atoms with Crippen molar-refractivity contribution >= 4 is 58.5 Å². The topological polar surface area (TPSA) is 202 Å². The second-order valence-corrected chi connectivity index (χ2v) is 13.5. The molecule has 17 heteroatoms. The number of carboxylic acids is 3. The number of fused-ring (bicyclic) bond motifs is 1. The summed E-state index contributed by atoms with van der Waals surface area (Å²) in [5, 5.41) is 33.2. The summed E-state index contributed by atoms with van der Waals surface area (Å²) in [5.74, 6) is -3.20. The summed E-state index contributed by atoms with van der Waals surface area (Å²) in [6.07, 6.45) is 2.83. The van der Waals surface area contributed by atoms with Crippen LogP contribution in [0.15, 0.2) is 48.7 Å². The molecule has 1 aliphatic heterocycles. The number of carbonyl (C=O) groups excluding carboxylic acids is 3. The van der Waals surface area contributed by atoms with Gasteiger partial charge in [0.1, 0.15) is 18.1 Å². The van der Waals surface area contributed by atoms with Crippen LogP contribution in [-0.2, 0) is 30.4 Å². The molecule has 1 unspecified atom stereocenters.